The van der Waals surface area contributed by atoms with Crippen molar-refractivity contribution in [3.8, 4) is 16.3 Å². The van der Waals surface area contributed by atoms with Gasteiger partial charge in [-0.3, -0.25) is 0 Å². The zero-order chi connectivity index (χ0) is 19.3. The molecule has 4 rings (SSSR count). The standard InChI is InChI=1S/C22H20FN3OS/c1-2-27-17-11-21(28-13-17)20-12-22(26-14-25-20)24-9-8-15-6-7-16-4-3-5-19(23)18(16)10-15/h3-7,10-14H,2,8-9H2,1H3,(H,24,25,26). The van der Waals surface area contributed by atoms with Crippen molar-refractivity contribution in [1.82, 2.24) is 9.97 Å². The second-order valence-corrected chi connectivity index (χ2v) is 7.25. The van der Waals surface area contributed by atoms with E-state index in [0.717, 1.165) is 39.5 Å². The van der Waals surface area contributed by atoms with E-state index in [0.29, 0.717) is 18.5 Å². The Labute approximate surface area is 167 Å². The van der Waals surface area contributed by atoms with Crippen molar-refractivity contribution in [2.75, 3.05) is 18.5 Å². The van der Waals surface area contributed by atoms with E-state index in [9.17, 15) is 4.39 Å². The monoisotopic (exact) mass is 393 g/mol. The summed E-state index contributed by atoms with van der Waals surface area (Å²) in [5, 5.41) is 6.88. The van der Waals surface area contributed by atoms with Crippen LogP contribution in [0.2, 0.25) is 0 Å². The molecule has 0 unspecified atom stereocenters. The molecule has 2 heterocycles. The van der Waals surface area contributed by atoms with Crippen LogP contribution in [0.5, 0.6) is 5.75 Å². The molecule has 4 aromatic rings. The number of thiophene rings is 1. The van der Waals surface area contributed by atoms with Gasteiger partial charge < -0.3 is 10.1 Å². The van der Waals surface area contributed by atoms with Crippen LogP contribution >= 0.6 is 11.3 Å². The quantitative estimate of drug-likeness (QED) is 0.447. The number of benzene rings is 2. The van der Waals surface area contributed by atoms with Crippen LogP contribution in [-0.4, -0.2) is 23.1 Å². The van der Waals surface area contributed by atoms with Crippen molar-refractivity contribution in [1.29, 1.82) is 0 Å². The number of aromatic nitrogens is 2. The summed E-state index contributed by atoms with van der Waals surface area (Å²) in [6, 6.07) is 15.0. The molecule has 0 spiro atoms. The molecule has 0 radical (unpaired) electrons. The molecule has 0 bridgehead atoms. The van der Waals surface area contributed by atoms with Crippen LogP contribution in [0.25, 0.3) is 21.3 Å². The maximum Gasteiger partial charge on any atom is 0.131 e. The van der Waals surface area contributed by atoms with Crippen LogP contribution in [0.1, 0.15) is 12.5 Å². The van der Waals surface area contributed by atoms with Crippen LogP contribution in [-0.2, 0) is 6.42 Å². The molecule has 0 aliphatic carbocycles. The van der Waals surface area contributed by atoms with Crippen LogP contribution in [0.4, 0.5) is 10.2 Å². The van der Waals surface area contributed by atoms with Gasteiger partial charge in [-0.1, -0.05) is 24.3 Å². The van der Waals surface area contributed by atoms with Gasteiger partial charge >= 0.3 is 0 Å². The first kappa shape index (κ1) is 18.4. The highest BCUT2D eigenvalue weighted by atomic mass is 32.1. The minimum absolute atomic E-state index is 0.185. The number of nitrogens with zero attached hydrogens (tertiary/aromatic N) is 2. The predicted octanol–water partition coefficient (Wildman–Crippen LogP) is 5.55. The SMILES string of the molecule is CCOc1csc(-c2cc(NCCc3ccc4cccc(F)c4c3)ncn2)c1. The molecular weight excluding hydrogens is 373 g/mol. The fourth-order valence-corrected chi connectivity index (χ4v) is 3.85. The van der Waals surface area contributed by atoms with E-state index in [2.05, 4.69) is 15.3 Å². The highest BCUT2D eigenvalue weighted by molar-refractivity contribution is 7.13. The lowest BCUT2D eigenvalue weighted by Crippen LogP contribution is -2.06. The highest BCUT2D eigenvalue weighted by Gasteiger charge is 2.07. The molecule has 0 fully saturated rings. The number of fused-ring (bicyclic) bond motifs is 1. The van der Waals surface area contributed by atoms with Gasteiger partial charge in [-0.15, -0.1) is 11.3 Å². The number of rotatable bonds is 7. The van der Waals surface area contributed by atoms with Gasteiger partial charge in [-0.05, 0) is 36.4 Å². The average Bonchev–Trinajstić information content (AvgIpc) is 3.18. The molecule has 0 saturated heterocycles. The highest BCUT2D eigenvalue weighted by Crippen LogP contribution is 2.30. The minimum Gasteiger partial charge on any atom is -0.493 e. The van der Waals surface area contributed by atoms with E-state index in [1.54, 1.807) is 23.7 Å². The molecule has 28 heavy (non-hydrogen) atoms. The fraction of sp³-hybridized carbons (Fsp3) is 0.182. The second-order valence-electron chi connectivity index (χ2n) is 6.34. The summed E-state index contributed by atoms with van der Waals surface area (Å²) < 4.78 is 19.5. The third kappa shape index (κ3) is 4.12. The fourth-order valence-electron chi connectivity index (χ4n) is 3.06. The zero-order valence-electron chi connectivity index (χ0n) is 15.5. The van der Waals surface area contributed by atoms with Crippen LogP contribution in [0.3, 0.4) is 0 Å². The number of hydrogen-bond acceptors (Lipinski definition) is 5. The number of hydrogen-bond donors (Lipinski definition) is 1. The number of halogens is 1. The summed E-state index contributed by atoms with van der Waals surface area (Å²) in [5.41, 5.74) is 1.94. The molecule has 142 valence electrons. The maximum atomic E-state index is 14.0. The zero-order valence-corrected chi connectivity index (χ0v) is 16.3. The average molecular weight is 393 g/mol. The summed E-state index contributed by atoms with van der Waals surface area (Å²) >= 11 is 1.60. The summed E-state index contributed by atoms with van der Waals surface area (Å²) in [7, 11) is 0. The summed E-state index contributed by atoms with van der Waals surface area (Å²) in [6.45, 7) is 3.31. The van der Waals surface area contributed by atoms with E-state index in [1.807, 2.05) is 48.7 Å². The summed E-state index contributed by atoms with van der Waals surface area (Å²) in [6.07, 6.45) is 2.33. The Hall–Kier alpha value is -2.99. The summed E-state index contributed by atoms with van der Waals surface area (Å²) in [5.74, 6) is 1.44. The summed E-state index contributed by atoms with van der Waals surface area (Å²) in [4.78, 5) is 9.69. The van der Waals surface area contributed by atoms with Gasteiger partial charge in [0.2, 0.25) is 0 Å². The second kappa shape index (κ2) is 8.35. The van der Waals surface area contributed by atoms with Gasteiger partial charge in [0, 0.05) is 29.4 Å². The Morgan fingerprint density at radius 1 is 1.11 bits per heavy atom. The Morgan fingerprint density at radius 3 is 2.93 bits per heavy atom. The Balaban J connectivity index is 1.42. The topological polar surface area (TPSA) is 47.0 Å². The van der Waals surface area contributed by atoms with Crippen molar-refractivity contribution in [2.45, 2.75) is 13.3 Å². The number of anilines is 1. The molecule has 6 heteroatoms. The molecule has 2 aromatic carbocycles. The van der Waals surface area contributed by atoms with E-state index in [-0.39, 0.29) is 5.82 Å². The normalized spacial score (nSPS) is 10.9. The Kier molecular flexibility index (Phi) is 5.48. The van der Waals surface area contributed by atoms with Gasteiger partial charge in [0.05, 0.1) is 17.2 Å². The van der Waals surface area contributed by atoms with E-state index >= 15 is 0 Å². The van der Waals surface area contributed by atoms with E-state index < -0.39 is 0 Å². The molecule has 2 aromatic heterocycles. The lowest BCUT2D eigenvalue weighted by molar-refractivity contribution is 0.342. The van der Waals surface area contributed by atoms with Crippen LogP contribution in [0, 0.1) is 5.82 Å². The first-order valence-corrected chi connectivity index (χ1v) is 10.1. The lowest BCUT2D eigenvalue weighted by atomic mass is 10.0. The van der Waals surface area contributed by atoms with Crippen LogP contribution in [0.15, 0.2) is 60.2 Å². The van der Waals surface area contributed by atoms with E-state index in [1.165, 1.54) is 6.07 Å². The molecule has 1 N–H and O–H groups in total. The minimum atomic E-state index is -0.185. The van der Waals surface area contributed by atoms with Crippen LogP contribution < -0.4 is 10.1 Å². The lowest BCUT2D eigenvalue weighted by Gasteiger charge is -2.08. The van der Waals surface area contributed by atoms with Crippen molar-refractivity contribution in [3.63, 3.8) is 0 Å². The van der Waals surface area contributed by atoms with Gasteiger partial charge in [-0.2, -0.15) is 0 Å². The molecule has 0 aliphatic rings. The third-order valence-electron chi connectivity index (χ3n) is 4.42. The number of ether oxygens (including phenoxy) is 1. The van der Waals surface area contributed by atoms with Crippen molar-refractivity contribution in [3.05, 3.63) is 71.6 Å². The van der Waals surface area contributed by atoms with Crippen molar-refractivity contribution >= 4 is 27.9 Å². The number of nitrogens with one attached hydrogen (secondary N) is 1. The predicted molar refractivity (Wildman–Crippen MR) is 113 cm³/mol. The molecule has 0 saturated carbocycles. The molecular formula is C22H20FN3OS. The van der Waals surface area contributed by atoms with Crippen molar-refractivity contribution < 1.29 is 9.13 Å². The maximum absolute atomic E-state index is 14.0. The Morgan fingerprint density at radius 2 is 2.04 bits per heavy atom. The molecule has 0 aliphatic heterocycles. The van der Waals surface area contributed by atoms with Gasteiger partial charge in [-0.25, -0.2) is 14.4 Å². The Bertz CT molecular complexity index is 1100. The molecule has 0 atom stereocenters. The molecule has 0 amide bonds. The van der Waals surface area contributed by atoms with Gasteiger partial charge in [0.25, 0.3) is 0 Å². The largest absolute Gasteiger partial charge is 0.493 e. The van der Waals surface area contributed by atoms with Gasteiger partial charge in [0.1, 0.15) is 23.7 Å². The van der Waals surface area contributed by atoms with E-state index in [4.69, 9.17) is 4.74 Å². The van der Waals surface area contributed by atoms with Gasteiger partial charge in [0.15, 0.2) is 0 Å². The first-order chi connectivity index (χ1) is 13.7. The molecule has 4 nitrogen and oxygen atoms in total. The van der Waals surface area contributed by atoms with Crippen molar-refractivity contribution in [2.24, 2.45) is 0 Å². The third-order valence-corrected chi connectivity index (χ3v) is 5.35. The smallest absolute Gasteiger partial charge is 0.131 e. The first-order valence-electron chi connectivity index (χ1n) is 9.17.